The van der Waals surface area contributed by atoms with Gasteiger partial charge >= 0.3 is 0 Å². The van der Waals surface area contributed by atoms with E-state index in [1.807, 2.05) is 34.9 Å². The molecule has 0 N–H and O–H groups in total. The zero-order chi connectivity index (χ0) is 14.6. The van der Waals surface area contributed by atoms with E-state index in [0.717, 1.165) is 22.3 Å². The molecular formula is C17H16N4. The van der Waals surface area contributed by atoms with Crippen LogP contribution in [0.3, 0.4) is 0 Å². The average Bonchev–Trinajstić information content (AvgIpc) is 2.80. The van der Waals surface area contributed by atoms with E-state index in [9.17, 15) is 0 Å². The molecule has 21 heavy (non-hydrogen) atoms. The second kappa shape index (κ2) is 4.01. The number of benzene rings is 1. The number of hydrogen-bond donors (Lipinski definition) is 0. The van der Waals surface area contributed by atoms with Gasteiger partial charge in [-0.25, -0.2) is 15.0 Å². The summed E-state index contributed by atoms with van der Waals surface area (Å²) >= 11 is 0. The van der Waals surface area contributed by atoms with Crippen LogP contribution in [0.5, 0.6) is 0 Å². The van der Waals surface area contributed by atoms with Gasteiger partial charge in [-0.3, -0.25) is 4.40 Å². The van der Waals surface area contributed by atoms with E-state index in [4.69, 9.17) is 4.98 Å². The van der Waals surface area contributed by atoms with Crippen LogP contribution in [-0.4, -0.2) is 19.4 Å². The van der Waals surface area contributed by atoms with Crippen molar-refractivity contribution in [3.8, 4) is 0 Å². The zero-order valence-electron chi connectivity index (χ0n) is 12.3. The Hall–Kier alpha value is -2.49. The van der Waals surface area contributed by atoms with E-state index in [2.05, 4.69) is 42.9 Å². The van der Waals surface area contributed by atoms with Gasteiger partial charge in [0.05, 0.1) is 11.0 Å². The second-order valence-corrected chi connectivity index (χ2v) is 6.36. The third-order valence-corrected chi connectivity index (χ3v) is 3.78. The van der Waals surface area contributed by atoms with Crippen LogP contribution in [0.2, 0.25) is 0 Å². The molecule has 104 valence electrons. The maximum absolute atomic E-state index is 4.70. The van der Waals surface area contributed by atoms with Crippen molar-refractivity contribution < 1.29 is 0 Å². The highest BCUT2D eigenvalue weighted by atomic mass is 15.1. The van der Waals surface area contributed by atoms with Gasteiger partial charge in [-0.2, -0.15) is 0 Å². The Kier molecular flexibility index (Phi) is 2.34. The molecule has 0 saturated carbocycles. The molecule has 0 saturated heterocycles. The summed E-state index contributed by atoms with van der Waals surface area (Å²) < 4.78 is 2.00. The Morgan fingerprint density at radius 2 is 1.62 bits per heavy atom. The third kappa shape index (κ3) is 1.87. The summed E-state index contributed by atoms with van der Waals surface area (Å²) in [5, 5.41) is 0. The quantitative estimate of drug-likeness (QED) is 0.491. The van der Waals surface area contributed by atoms with E-state index in [1.54, 1.807) is 0 Å². The molecule has 3 heterocycles. The molecule has 0 amide bonds. The Bertz CT molecular complexity index is 977. The Morgan fingerprint density at radius 1 is 0.905 bits per heavy atom. The molecule has 1 aromatic carbocycles. The normalized spacial score (nSPS) is 12.5. The number of hydrogen-bond acceptors (Lipinski definition) is 3. The van der Waals surface area contributed by atoms with Crippen LogP contribution in [0.1, 0.15) is 26.3 Å². The molecule has 4 nitrogen and oxygen atoms in total. The van der Waals surface area contributed by atoms with Crippen LogP contribution in [0.15, 0.2) is 42.6 Å². The van der Waals surface area contributed by atoms with Crippen molar-refractivity contribution in [1.82, 2.24) is 19.4 Å². The fourth-order valence-corrected chi connectivity index (χ4v) is 2.55. The van der Waals surface area contributed by atoms with Crippen LogP contribution in [-0.2, 0) is 5.41 Å². The number of nitrogens with zero attached hydrogens (tertiary/aromatic N) is 4. The van der Waals surface area contributed by atoms with Gasteiger partial charge in [0.2, 0.25) is 0 Å². The summed E-state index contributed by atoms with van der Waals surface area (Å²) in [4.78, 5) is 13.9. The number of para-hydroxylation sites is 2. The Morgan fingerprint density at radius 3 is 2.33 bits per heavy atom. The van der Waals surface area contributed by atoms with Crippen molar-refractivity contribution >= 4 is 28.0 Å². The first-order valence-corrected chi connectivity index (χ1v) is 7.07. The van der Waals surface area contributed by atoms with Crippen LogP contribution in [0.25, 0.3) is 28.0 Å². The number of rotatable bonds is 0. The van der Waals surface area contributed by atoms with E-state index in [0.29, 0.717) is 5.65 Å². The molecular weight excluding hydrogens is 260 g/mol. The molecule has 4 heteroatoms. The lowest BCUT2D eigenvalue weighted by molar-refractivity contribution is 0.590. The minimum absolute atomic E-state index is 0.103. The largest absolute Gasteiger partial charge is 0.283 e. The third-order valence-electron chi connectivity index (χ3n) is 3.78. The lowest BCUT2D eigenvalue weighted by Gasteiger charge is -2.18. The first-order valence-electron chi connectivity index (χ1n) is 7.07. The van der Waals surface area contributed by atoms with Crippen LogP contribution in [0, 0.1) is 0 Å². The molecule has 0 atom stereocenters. The summed E-state index contributed by atoms with van der Waals surface area (Å²) in [6, 6.07) is 12.1. The molecule has 4 rings (SSSR count). The highest BCUT2D eigenvalue weighted by molar-refractivity contribution is 5.84. The summed E-state index contributed by atoms with van der Waals surface area (Å²) in [6.07, 6.45) is 2.04. The van der Waals surface area contributed by atoms with Gasteiger partial charge in [0.25, 0.3) is 0 Å². The van der Waals surface area contributed by atoms with Gasteiger partial charge in [0.15, 0.2) is 11.3 Å². The SMILES string of the molecule is CC(C)(C)c1ccn2c(c1)nc1nc3ccccc3nc12. The predicted octanol–water partition coefficient (Wildman–Crippen LogP) is 3.73. The van der Waals surface area contributed by atoms with E-state index >= 15 is 0 Å². The average molecular weight is 276 g/mol. The first kappa shape index (κ1) is 12.3. The summed E-state index contributed by atoms with van der Waals surface area (Å²) in [6.45, 7) is 6.60. The molecule has 0 unspecified atom stereocenters. The van der Waals surface area contributed by atoms with Gasteiger partial charge in [-0.15, -0.1) is 0 Å². The second-order valence-electron chi connectivity index (χ2n) is 6.36. The first-order chi connectivity index (χ1) is 10.0. The van der Waals surface area contributed by atoms with Gasteiger partial charge in [0.1, 0.15) is 5.65 Å². The van der Waals surface area contributed by atoms with E-state index < -0.39 is 0 Å². The number of fused-ring (bicyclic) bond motifs is 4. The zero-order valence-corrected chi connectivity index (χ0v) is 12.3. The Balaban J connectivity index is 2.07. The van der Waals surface area contributed by atoms with E-state index in [1.165, 1.54) is 5.56 Å². The van der Waals surface area contributed by atoms with E-state index in [-0.39, 0.29) is 5.41 Å². The fraction of sp³-hybridized carbons (Fsp3) is 0.235. The van der Waals surface area contributed by atoms with Crippen LogP contribution < -0.4 is 0 Å². The maximum atomic E-state index is 4.70. The molecule has 0 spiro atoms. The molecule has 3 aromatic heterocycles. The number of aromatic nitrogens is 4. The van der Waals surface area contributed by atoms with Crippen molar-refractivity contribution in [3.05, 3.63) is 48.2 Å². The van der Waals surface area contributed by atoms with Crippen molar-refractivity contribution in [2.75, 3.05) is 0 Å². The fourth-order valence-electron chi connectivity index (χ4n) is 2.55. The smallest absolute Gasteiger partial charge is 0.198 e. The van der Waals surface area contributed by atoms with Crippen molar-refractivity contribution in [2.45, 2.75) is 26.2 Å². The van der Waals surface area contributed by atoms with Crippen LogP contribution >= 0.6 is 0 Å². The van der Waals surface area contributed by atoms with Gasteiger partial charge in [-0.1, -0.05) is 32.9 Å². The van der Waals surface area contributed by atoms with Gasteiger partial charge in [0, 0.05) is 6.20 Å². The highest BCUT2D eigenvalue weighted by Crippen LogP contribution is 2.25. The standard InChI is InChI=1S/C17H16N4/c1-17(2,3)11-8-9-21-14(10-11)20-15-16(21)19-13-7-5-4-6-12(13)18-15/h4-10H,1-3H3. The molecule has 4 aromatic rings. The lowest BCUT2D eigenvalue weighted by atomic mass is 9.88. The minimum Gasteiger partial charge on any atom is -0.283 e. The van der Waals surface area contributed by atoms with Crippen molar-refractivity contribution in [3.63, 3.8) is 0 Å². The van der Waals surface area contributed by atoms with Gasteiger partial charge < -0.3 is 0 Å². The lowest BCUT2D eigenvalue weighted by Crippen LogP contribution is -2.11. The van der Waals surface area contributed by atoms with Crippen LogP contribution in [0.4, 0.5) is 0 Å². The topological polar surface area (TPSA) is 43.1 Å². The Labute approximate surface area is 122 Å². The monoisotopic (exact) mass is 276 g/mol. The summed E-state index contributed by atoms with van der Waals surface area (Å²) in [7, 11) is 0. The van der Waals surface area contributed by atoms with Crippen molar-refractivity contribution in [1.29, 1.82) is 0 Å². The maximum Gasteiger partial charge on any atom is 0.198 e. The molecule has 0 fully saturated rings. The van der Waals surface area contributed by atoms with Gasteiger partial charge in [-0.05, 0) is 35.2 Å². The summed E-state index contributed by atoms with van der Waals surface area (Å²) in [5.74, 6) is 0. The molecule has 0 aliphatic rings. The number of pyridine rings is 1. The molecule has 0 aliphatic heterocycles. The summed E-state index contributed by atoms with van der Waals surface area (Å²) in [5.41, 5.74) is 5.54. The molecule has 0 bridgehead atoms. The molecule has 0 aliphatic carbocycles. The predicted molar refractivity (Wildman–Crippen MR) is 84.5 cm³/mol. The highest BCUT2D eigenvalue weighted by Gasteiger charge is 2.16. The minimum atomic E-state index is 0.103. The molecule has 0 radical (unpaired) electrons. The number of imidazole rings is 1. The van der Waals surface area contributed by atoms with Crippen molar-refractivity contribution in [2.24, 2.45) is 0 Å².